The van der Waals surface area contributed by atoms with Crippen LogP contribution in [0.2, 0.25) is 0 Å². The second-order valence-corrected chi connectivity index (χ2v) is 6.55. The van der Waals surface area contributed by atoms with E-state index in [2.05, 4.69) is 10.3 Å². The summed E-state index contributed by atoms with van der Waals surface area (Å²) in [5.41, 5.74) is 1.80. The topological polar surface area (TPSA) is 79.3 Å². The number of benzene rings is 1. The van der Waals surface area contributed by atoms with Gasteiger partial charge in [-0.1, -0.05) is 36.4 Å². The van der Waals surface area contributed by atoms with E-state index in [1.807, 2.05) is 42.5 Å². The van der Waals surface area contributed by atoms with Crippen molar-refractivity contribution >= 4 is 22.8 Å². The van der Waals surface area contributed by atoms with Gasteiger partial charge in [0.1, 0.15) is 0 Å². The number of para-hydroxylation sites is 1. The summed E-state index contributed by atoms with van der Waals surface area (Å²) < 4.78 is 0. The summed E-state index contributed by atoms with van der Waals surface area (Å²) in [5, 5.41) is 13.4. The Morgan fingerprint density at radius 3 is 2.67 bits per heavy atom. The lowest BCUT2D eigenvalue weighted by molar-refractivity contribution is -0.147. The molecule has 0 radical (unpaired) electrons. The molecule has 2 N–H and O–H groups in total. The Morgan fingerprint density at radius 2 is 1.88 bits per heavy atom. The average molecular weight is 322 g/mol. The molecule has 1 heterocycles. The van der Waals surface area contributed by atoms with Crippen LogP contribution in [0, 0.1) is 23.7 Å². The number of hydrogen-bond donors (Lipinski definition) is 2. The number of carbonyl (C=O) groups is 2. The molecule has 4 atom stereocenters. The van der Waals surface area contributed by atoms with Crippen molar-refractivity contribution in [3.05, 3.63) is 54.2 Å². The van der Waals surface area contributed by atoms with Crippen LogP contribution >= 0.6 is 0 Å². The Labute approximate surface area is 139 Å². The number of rotatable bonds is 4. The van der Waals surface area contributed by atoms with Crippen LogP contribution in [0.3, 0.4) is 0 Å². The minimum Gasteiger partial charge on any atom is -0.481 e. The van der Waals surface area contributed by atoms with Crippen molar-refractivity contribution in [3.8, 4) is 0 Å². The first-order valence-electron chi connectivity index (χ1n) is 8.16. The van der Waals surface area contributed by atoms with Crippen LogP contribution in [0.1, 0.15) is 12.0 Å². The number of pyridine rings is 1. The van der Waals surface area contributed by atoms with E-state index >= 15 is 0 Å². The molecule has 4 rings (SSSR count). The standard InChI is InChI=1S/C19H18N2O3/c22-18(15-12-6-7-13(9-12)16(15)19(23)24)21-10-14-4-1-3-11-5-2-8-20-17(11)14/h1-8,12-13,15-16H,9-10H2,(H,21,22)(H,23,24). The maximum Gasteiger partial charge on any atom is 0.307 e. The number of hydrogen-bond acceptors (Lipinski definition) is 3. The molecule has 24 heavy (non-hydrogen) atoms. The number of allylic oxidation sites excluding steroid dienone is 2. The van der Waals surface area contributed by atoms with Gasteiger partial charge in [-0.3, -0.25) is 14.6 Å². The van der Waals surface area contributed by atoms with Gasteiger partial charge < -0.3 is 10.4 Å². The minimum atomic E-state index is -0.876. The van der Waals surface area contributed by atoms with Crippen LogP contribution in [0.15, 0.2) is 48.7 Å². The first kappa shape index (κ1) is 14.9. The molecule has 122 valence electrons. The van der Waals surface area contributed by atoms with E-state index in [0.29, 0.717) is 6.54 Å². The molecule has 1 saturated carbocycles. The Morgan fingerprint density at radius 1 is 1.12 bits per heavy atom. The zero-order valence-electron chi connectivity index (χ0n) is 13.1. The highest BCUT2D eigenvalue weighted by Crippen LogP contribution is 2.48. The number of aromatic nitrogens is 1. The summed E-state index contributed by atoms with van der Waals surface area (Å²) in [5.74, 6) is -2.10. The maximum atomic E-state index is 12.6. The summed E-state index contributed by atoms with van der Waals surface area (Å²) >= 11 is 0. The second kappa shape index (κ2) is 5.74. The predicted molar refractivity (Wildman–Crippen MR) is 88.9 cm³/mol. The molecule has 1 aromatic carbocycles. The van der Waals surface area contributed by atoms with Crippen molar-refractivity contribution < 1.29 is 14.7 Å². The van der Waals surface area contributed by atoms with E-state index in [1.165, 1.54) is 0 Å². The fourth-order valence-corrected chi connectivity index (χ4v) is 4.13. The number of fused-ring (bicyclic) bond motifs is 3. The largest absolute Gasteiger partial charge is 0.481 e. The quantitative estimate of drug-likeness (QED) is 0.847. The number of carbonyl (C=O) groups excluding carboxylic acids is 1. The van der Waals surface area contributed by atoms with Crippen molar-refractivity contribution in [1.82, 2.24) is 10.3 Å². The number of nitrogens with zero attached hydrogens (tertiary/aromatic N) is 1. The van der Waals surface area contributed by atoms with Gasteiger partial charge in [0, 0.05) is 18.1 Å². The predicted octanol–water partition coefficient (Wildman–Crippen LogP) is 2.37. The van der Waals surface area contributed by atoms with Gasteiger partial charge in [0.15, 0.2) is 0 Å². The van der Waals surface area contributed by atoms with Gasteiger partial charge in [0.2, 0.25) is 5.91 Å². The van der Waals surface area contributed by atoms with E-state index in [1.54, 1.807) is 6.20 Å². The number of carboxylic acids is 1. The van der Waals surface area contributed by atoms with E-state index in [0.717, 1.165) is 22.9 Å². The van der Waals surface area contributed by atoms with Crippen LogP contribution in [-0.4, -0.2) is 22.0 Å². The number of carboxylic acid groups (broad SMARTS) is 1. The van der Waals surface area contributed by atoms with E-state index in [9.17, 15) is 14.7 Å². The highest BCUT2D eigenvalue weighted by atomic mass is 16.4. The van der Waals surface area contributed by atoms with Crippen molar-refractivity contribution in [2.75, 3.05) is 0 Å². The molecule has 0 saturated heterocycles. The van der Waals surface area contributed by atoms with Gasteiger partial charge in [-0.25, -0.2) is 0 Å². The van der Waals surface area contributed by atoms with Crippen LogP contribution in [0.4, 0.5) is 0 Å². The Hall–Kier alpha value is -2.69. The molecule has 0 spiro atoms. The Kier molecular flexibility index (Phi) is 3.56. The van der Waals surface area contributed by atoms with Crippen molar-refractivity contribution in [2.24, 2.45) is 23.7 Å². The monoisotopic (exact) mass is 322 g/mol. The zero-order valence-corrected chi connectivity index (χ0v) is 13.1. The van der Waals surface area contributed by atoms with Crippen LogP contribution in [-0.2, 0) is 16.1 Å². The van der Waals surface area contributed by atoms with Crippen LogP contribution < -0.4 is 5.32 Å². The van der Waals surface area contributed by atoms with Gasteiger partial charge >= 0.3 is 5.97 Å². The molecule has 2 aromatic rings. The molecule has 0 aliphatic heterocycles. The second-order valence-electron chi connectivity index (χ2n) is 6.55. The molecule has 5 nitrogen and oxygen atoms in total. The SMILES string of the molecule is O=C(O)C1C2C=CC(C2)C1C(=O)NCc1cccc2cccnc12. The van der Waals surface area contributed by atoms with Crippen molar-refractivity contribution in [3.63, 3.8) is 0 Å². The highest BCUT2D eigenvalue weighted by molar-refractivity contribution is 5.87. The third-order valence-electron chi connectivity index (χ3n) is 5.22. The molecule has 4 unspecified atom stereocenters. The third kappa shape index (κ3) is 2.37. The Balaban J connectivity index is 1.52. The summed E-state index contributed by atoms with van der Waals surface area (Å²) in [6.07, 6.45) is 6.44. The molecule has 2 aliphatic rings. The normalized spacial score (nSPS) is 27.5. The number of amides is 1. The maximum absolute atomic E-state index is 12.6. The highest BCUT2D eigenvalue weighted by Gasteiger charge is 2.51. The van der Waals surface area contributed by atoms with Crippen LogP contribution in [0.5, 0.6) is 0 Å². The van der Waals surface area contributed by atoms with E-state index < -0.39 is 17.8 Å². The molecule has 2 aliphatic carbocycles. The van der Waals surface area contributed by atoms with Gasteiger partial charge in [0.05, 0.1) is 17.4 Å². The van der Waals surface area contributed by atoms with Gasteiger partial charge in [-0.2, -0.15) is 0 Å². The van der Waals surface area contributed by atoms with Gasteiger partial charge in [-0.05, 0) is 29.9 Å². The van der Waals surface area contributed by atoms with E-state index in [4.69, 9.17) is 0 Å². The van der Waals surface area contributed by atoms with Gasteiger partial charge in [-0.15, -0.1) is 0 Å². The molecule has 5 heteroatoms. The summed E-state index contributed by atoms with van der Waals surface area (Å²) in [7, 11) is 0. The lowest BCUT2D eigenvalue weighted by atomic mass is 9.82. The summed E-state index contributed by atoms with van der Waals surface area (Å²) in [6.45, 7) is 0.358. The zero-order chi connectivity index (χ0) is 16.7. The molecular weight excluding hydrogens is 304 g/mol. The molecule has 1 aromatic heterocycles. The van der Waals surface area contributed by atoms with Crippen molar-refractivity contribution in [2.45, 2.75) is 13.0 Å². The molecule has 1 amide bonds. The van der Waals surface area contributed by atoms with E-state index in [-0.39, 0.29) is 17.7 Å². The Bertz CT molecular complexity index is 840. The fourth-order valence-electron chi connectivity index (χ4n) is 4.13. The number of nitrogens with one attached hydrogen (secondary N) is 1. The summed E-state index contributed by atoms with van der Waals surface area (Å²) in [6, 6.07) is 9.71. The molecular formula is C19H18N2O3. The molecule has 1 fully saturated rings. The fraction of sp³-hybridized carbons (Fsp3) is 0.316. The molecule has 2 bridgehead atoms. The smallest absolute Gasteiger partial charge is 0.307 e. The average Bonchev–Trinajstić information content (AvgIpc) is 3.20. The van der Waals surface area contributed by atoms with Crippen molar-refractivity contribution in [1.29, 1.82) is 0 Å². The number of aliphatic carboxylic acids is 1. The minimum absolute atomic E-state index is 0.0116. The lowest BCUT2D eigenvalue weighted by Crippen LogP contribution is -2.39. The third-order valence-corrected chi connectivity index (χ3v) is 5.22. The lowest BCUT2D eigenvalue weighted by Gasteiger charge is -2.24. The first-order chi connectivity index (χ1) is 11.6. The van der Waals surface area contributed by atoms with Gasteiger partial charge in [0.25, 0.3) is 0 Å². The van der Waals surface area contributed by atoms with Crippen LogP contribution in [0.25, 0.3) is 10.9 Å². The summed E-state index contributed by atoms with van der Waals surface area (Å²) in [4.78, 5) is 28.5. The first-order valence-corrected chi connectivity index (χ1v) is 8.16.